The third-order valence-electron chi connectivity index (χ3n) is 5.81. The molecule has 0 bridgehead atoms. The van der Waals surface area contributed by atoms with E-state index in [-0.39, 0.29) is 11.8 Å². The first-order valence-corrected chi connectivity index (χ1v) is 10.2. The van der Waals surface area contributed by atoms with Crippen LogP contribution in [0.5, 0.6) is 0 Å². The van der Waals surface area contributed by atoms with E-state index in [4.69, 9.17) is 4.74 Å². The highest BCUT2D eigenvalue weighted by Crippen LogP contribution is 2.27. The van der Waals surface area contributed by atoms with Gasteiger partial charge in [-0.15, -0.1) is 10.2 Å². The van der Waals surface area contributed by atoms with E-state index >= 15 is 0 Å². The van der Waals surface area contributed by atoms with E-state index in [0.29, 0.717) is 6.54 Å². The second kappa shape index (κ2) is 8.41. The Labute approximate surface area is 166 Å². The Hall–Kier alpha value is -2.25. The lowest BCUT2D eigenvalue weighted by Crippen LogP contribution is -2.40. The van der Waals surface area contributed by atoms with Gasteiger partial charge in [0.2, 0.25) is 0 Å². The smallest absolute Gasteiger partial charge is 0.253 e. The standard InChI is InChI=1S/C21H29N5O2/c1-16-5-3-6-17(13-16)21(27)26-8-4-7-18(14-26)20-23-22-19(24(20)2)15-25-9-11-28-12-10-25/h3,5-6,13,18H,4,7-12,14-15H2,1-2H3/t18-/m1/s1. The predicted octanol–water partition coefficient (Wildman–Crippen LogP) is 1.98. The summed E-state index contributed by atoms with van der Waals surface area (Å²) in [6.07, 6.45) is 2.04. The highest BCUT2D eigenvalue weighted by molar-refractivity contribution is 5.94. The number of morpholine rings is 1. The molecule has 4 rings (SSSR count). The molecule has 2 aliphatic heterocycles. The van der Waals surface area contributed by atoms with Crippen LogP contribution in [0.1, 0.15) is 46.3 Å². The quantitative estimate of drug-likeness (QED) is 0.808. The summed E-state index contributed by atoms with van der Waals surface area (Å²) in [5.41, 5.74) is 1.88. The van der Waals surface area contributed by atoms with Crippen LogP contribution in [0, 0.1) is 6.92 Å². The first kappa shape index (κ1) is 19.1. The molecule has 2 aromatic rings. The molecule has 0 radical (unpaired) electrons. The van der Waals surface area contributed by atoms with Crippen LogP contribution in [0.25, 0.3) is 0 Å². The molecule has 7 nitrogen and oxygen atoms in total. The molecule has 0 N–H and O–H groups in total. The molecule has 150 valence electrons. The van der Waals surface area contributed by atoms with E-state index < -0.39 is 0 Å². The van der Waals surface area contributed by atoms with Gasteiger partial charge in [-0.1, -0.05) is 17.7 Å². The number of rotatable bonds is 4. The van der Waals surface area contributed by atoms with Gasteiger partial charge in [0.05, 0.1) is 19.8 Å². The number of hydrogen-bond acceptors (Lipinski definition) is 5. The summed E-state index contributed by atoms with van der Waals surface area (Å²) in [5, 5.41) is 8.95. The number of aromatic nitrogens is 3. The first-order valence-electron chi connectivity index (χ1n) is 10.2. The summed E-state index contributed by atoms with van der Waals surface area (Å²) in [7, 11) is 2.05. The average molecular weight is 383 g/mol. The van der Waals surface area contributed by atoms with Crippen molar-refractivity contribution in [2.75, 3.05) is 39.4 Å². The van der Waals surface area contributed by atoms with Crippen molar-refractivity contribution < 1.29 is 9.53 Å². The number of ether oxygens (including phenoxy) is 1. The Kier molecular flexibility index (Phi) is 5.73. The van der Waals surface area contributed by atoms with Crippen molar-refractivity contribution in [2.45, 2.75) is 32.2 Å². The van der Waals surface area contributed by atoms with Gasteiger partial charge in [0.15, 0.2) is 0 Å². The fraction of sp³-hybridized carbons (Fsp3) is 0.571. The zero-order valence-electron chi connectivity index (χ0n) is 16.8. The topological polar surface area (TPSA) is 63.5 Å². The number of amides is 1. The molecule has 2 aliphatic rings. The van der Waals surface area contributed by atoms with Crippen LogP contribution in [0.15, 0.2) is 24.3 Å². The SMILES string of the molecule is Cc1cccc(C(=O)N2CCC[C@@H](c3nnc(CN4CCOCC4)n3C)C2)c1. The summed E-state index contributed by atoms with van der Waals surface area (Å²) < 4.78 is 7.55. The van der Waals surface area contributed by atoms with Crippen molar-refractivity contribution in [3.8, 4) is 0 Å². The molecule has 0 saturated carbocycles. The molecule has 1 aromatic heterocycles. The predicted molar refractivity (Wildman–Crippen MR) is 106 cm³/mol. The van der Waals surface area contributed by atoms with E-state index in [0.717, 1.165) is 75.0 Å². The van der Waals surface area contributed by atoms with E-state index in [2.05, 4.69) is 19.7 Å². The third-order valence-corrected chi connectivity index (χ3v) is 5.81. The van der Waals surface area contributed by atoms with Crippen molar-refractivity contribution in [2.24, 2.45) is 7.05 Å². The molecule has 2 saturated heterocycles. The normalized spacial score (nSPS) is 21.1. The first-order chi connectivity index (χ1) is 13.6. The fourth-order valence-electron chi connectivity index (χ4n) is 4.16. The minimum absolute atomic E-state index is 0.115. The summed E-state index contributed by atoms with van der Waals surface area (Å²) in [6.45, 7) is 7.76. The second-order valence-corrected chi connectivity index (χ2v) is 7.88. The lowest BCUT2D eigenvalue weighted by atomic mass is 9.96. The summed E-state index contributed by atoms with van der Waals surface area (Å²) >= 11 is 0. The highest BCUT2D eigenvalue weighted by atomic mass is 16.5. The molecule has 0 spiro atoms. The maximum atomic E-state index is 12.9. The molecule has 0 unspecified atom stereocenters. The molecule has 1 atom stereocenters. The van der Waals surface area contributed by atoms with Crippen LogP contribution in [0.3, 0.4) is 0 Å². The summed E-state index contributed by atoms with van der Waals surface area (Å²) in [5.74, 6) is 2.33. The number of likely N-dealkylation sites (tertiary alicyclic amines) is 1. The zero-order chi connectivity index (χ0) is 19.5. The molecule has 1 aromatic carbocycles. The van der Waals surface area contributed by atoms with E-state index in [1.165, 1.54) is 0 Å². The van der Waals surface area contributed by atoms with E-state index in [9.17, 15) is 4.79 Å². The Bertz CT molecular complexity index is 828. The number of hydrogen-bond donors (Lipinski definition) is 0. The molecule has 0 aliphatic carbocycles. The minimum atomic E-state index is 0.115. The molecule has 3 heterocycles. The molecule has 7 heteroatoms. The van der Waals surface area contributed by atoms with Gasteiger partial charge in [0.25, 0.3) is 5.91 Å². The van der Waals surface area contributed by atoms with Crippen molar-refractivity contribution in [1.82, 2.24) is 24.6 Å². The monoisotopic (exact) mass is 383 g/mol. The Morgan fingerprint density at radius 3 is 2.82 bits per heavy atom. The lowest BCUT2D eigenvalue weighted by molar-refractivity contribution is 0.0326. The number of aryl methyl sites for hydroxylation is 1. The van der Waals surface area contributed by atoms with Crippen LogP contribution in [-0.4, -0.2) is 69.9 Å². The van der Waals surface area contributed by atoms with Gasteiger partial charge in [0.1, 0.15) is 11.6 Å². The molecule has 2 fully saturated rings. The van der Waals surface area contributed by atoms with Gasteiger partial charge >= 0.3 is 0 Å². The van der Waals surface area contributed by atoms with Crippen LogP contribution >= 0.6 is 0 Å². The third kappa shape index (κ3) is 4.10. The number of piperidine rings is 1. The van der Waals surface area contributed by atoms with Gasteiger partial charge in [-0.25, -0.2) is 0 Å². The number of carbonyl (C=O) groups is 1. The van der Waals surface area contributed by atoms with Gasteiger partial charge < -0.3 is 14.2 Å². The largest absolute Gasteiger partial charge is 0.379 e. The molecular formula is C21H29N5O2. The number of carbonyl (C=O) groups excluding carboxylic acids is 1. The Morgan fingerprint density at radius 2 is 2.04 bits per heavy atom. The zero-order valence-corrected chi connectivity index (χ0v) is 16.8. The van der Waals surface area contributed by atoms with Gasteiger partial charge in [-0.2, -0.15) is 0 Å². The maximum absolute atomic E-state index is 12.9. The average Bonchev–Trinajstić information content (AvgIpc) is 3.08. The van der Waals surface area contributed by atoms with Crippen molar-refractivity contribution in [3.05, 3.63) is 47.0 Å². The van der Waals surface area contributed by atoms with E-state index in [1.807, 2.05) is 43.1 Å². The second-order valence-electron chi connectivity index (χ2n) is 7.88. The van der Waals surface area contributed by atoms with Crippen LogP contribution in [-0.2, 0) is 18.3 Å². The maximum Gasteiger partial charge on any atom is 0.253 e. The van der Waals surface area contributed by atoms with Gasteiger partial charge in [-0.3, -0.25) is 9.69 Å². The Balaban J connectivity index is 1.45. The summed E-state index contributed by atoms with van der Waals surface area (Å²) in [4.78, 5) is 17.3. The van der Waals surface area contributed by atoms with E-state index in [1.54, 1.807) is 0 Å². The summed E-state index contributed by atoms with van der Waals surface area (Å²) in [6, 6.07) is 7.84. The number of benzene rings is 1. The van der Waals surface area contributed by atoms with Crippen LogP contribution in [0.4, 0.5) is 0 Å². The fourth-order valence-corrected chi connectivity index (χ4v) is 4.16. The molecule has 1 amide bonds. The van der Waals surface area contributed by atoms with Gasteiger partial charge in [0, 0.05) is 44.7 Å². The minimum Gasteiger partial charge on any atom is -0.379 e. The lowest BCUT2D eigenvalue weighted by Gasteiger charge is -2.32. The number of nitrogens with zero attached hydrogens (tertiary/aromatic N) is 5. The Morgan fingerprint density at radius 1 is 1.21 bits per heavy atom. The van der Waals surface area contributed by atoms with Crippen molar-refractivity contribution >= 4 is 5.91 Å². The van der Waals surface area contributed by atoms with Gasteiger partial charge in [-0.05, 0) is 31.9 Å². The molecule has 28 heavy (non-hydrogen) atoms. The van der Waals surface area contributed by atoms with Crippen molar-refractivity contribution in [3.63, 3.8) is 0 Å². The highest BCUT2D eigenvalue weighted by Gasteiger charge is 2.29. The van der Waals surface area contributed by atoms with Crippen LogP contribution < -0.4 is 0 Å². The van der Waals surface area contributed by atoms with Crippen LogP contribution in [0.2, 0.25) is 0 Å². The molecular weight excluding hydrogens is 354 g/mol. The van der Waals surface area contributed by atoms with Crippen molar-refractivity contribution in [1.29, 1.82) is 0 Å².